The van der Waals surface area contributed by atoms with Gasteiger partial charge in [-0.15, -0.1) is 0 Å². The smallest absolute Gasteiger partial charge is 0.181 e. The molecule has 1 aromatic rings. The van der Waals surface area contributed by atoms with Crippen molar-refractivity contribution in [3.05, 3.63) is 29.8 Å². The van der Waals surface area contributed by atoms with Gasteiger partial charge in [0.1, 0.15) is 16.5 Å². The molecule has 0 radical (unpaired) electrons. The molecular weight excluding hydrogens is 350 g/mol. The van der Waals surface area contributed by atoms with E-state index in [9.17, 15) is 17.2 Å². The van der Waals surface area contributed by atoms with Crippen LogP contribution < -0.4 is 0 Å². The normalized spacial score (nSPS) is 18.9. The summed E-state index contributed by atoms with van der Waals surface area (Å²) in [6.07, 6.45) is 4.66. The van der Waals surface area contributed by atoms with Gasteiger partial charge >= 0.3 is 0 Å². The van der Waals surface area contributed by atoms with Crippen LogP contribution in [0.5, 0.6) is 0 Å². The second kappa shape index (κ2) is 6.10. The largest absolute Gasteiger partial charge is 0.224 e. The van der Waals surface area contributed by atoms with Gasteiger partial charge in [0.15, 0.2) is 9.84 Å². The maximum Gasteiger partial charge on any atom is 0.181 e. The molecule has 0 aromatic heterocycles. The molecule has 1 aliphatic rings. The molecule has 1 fully saturated rings. The fourth-order valence-corrected chi connectivity index (χ4v) is 5.85. The third kappa shape index (κ3) is 3.39. The van der Waals surface area contributed by atoms with Crippen molar-refractivity contribution >= 4 is 25.8 Å². The van der Waals surface area contributed by atoms with E-state index in [4.69, 9.17) is 0 Å². The number of alkyl halides is 1. The van der Waals surface area contributed by atoms with Crippen LogP contribution in [0.4, 0.5) is 8.78 Å². The molecule has 112 valence electrons. The Labute approximate surface area is 126 Å². The van der Waals surface area contributed by atoms with E-state index >= 15 is 0 Å². The predicted molar refractivity (Wildman–Crippen MR) is 77.7 cm³/mol. The van der Waals surface area contributed by atoms with Crippen molar-refractivity contribution in [3.8, 4) is 0 Å². The molecule has 0 saturated heterocycles. The number of rotatable bonds is 4. The van der Waals surface area contributed by atoms with Crippen molar-refractivity contribution in [1.82, 2.24) is 0 Å². The highest BCUT2D eigenvalue weighted by molar-refractivity contribution is 9.09. The van der Waals surface area contributed by atoms with Crippen molar-refractivity contribution in [2.45, 2.75) is 37.0 Å². The van der Waals surface area contributed by atoms with Crippen LogP contribution in [0.2, 0.25) is 0 Å². The van der Waals surface area contributed by atoms with Gasteiger partial charge in [-0.05, 0) is 36.5 Å². The topological polar surface area (TPSA) is 34.1 Å². The van der Waals surface area contributed by atoms with Crippen LogP contribution in [0.25, 0.3) is 0 Å². The summed E-state index contributed by atoms with van der Waals surface area (Å²) in [4.78, 5) is -0.525. The van der Waals surface area contributed by atoms with Crippen molar-refractivity contribution in [2.75, 3.05) is 11.1 Å². The standard InChI is InChI=1S/C14H17BrF2O2S/c15-9-14(6-2-1-3-7-14)10-20(18,19)13-8-11(16)4-5-12(13)17/h4-5,8H,1-3,6-7,9-10H2. The molecule has 0 spiro atoms. The van der Waals surface area contributed by atoms with Crippen LogP contribution >= 0.6 is 15.9 Å². The lowest BCUT2D eigenvalue weighted by molar-refractivity contribution is 0.255. The Morgan fingerprint density at radius 3 is 2.40 bits per heavy atom. The van der Waals surface area contributed by atoms with Gasteiger partial charge in [0, 0.05) is 5.33 Å². The molecule has 0 aliphatic heterocycles. The molecule has 0 unspecified atom stereocenters. The van der Waals surface area contributed by atoms with Crippen LogP contribution in [0.1, 0.15) is 32.1 Å². The van der Waals surface area contributed by atoms with Gasteiger partial charge in [-0.2, -0.15) is 0 Å². The van der Waals surface area contributed by atoms with Gasteiger partial charge in [-0.25, -0.2) is 17.2 Å². The van der Waals surface area contributed by atoms with Crippen molar-refractivity contribution in [1.29, 1.82) is 0 Å². The quantitative estimate of drug-likeness (QED) is 0.752. The SMILES string of the molecule is O=S(=O)(CC1(CBr)CCCCC1)c1cc(F)ccc1F. The van der Waals surface area contributed by atoms with Crippen molar-refractivity contribution < 1.29 is 17.2 Å². The minimum Gasteiger partial charge on any atom is -0.224 e. The molecule has 0 N–H and O–H groups in total. The number of benzene rings is 1. The average Bonchev–Trinajstić information content (AvgIpc) is 2.42. The predicted octanol–water partition coefficient (Wildman–Crippen LogP) is 4.08. The van der Waals surface area contributed by atoms with Gasteiger partial charge in [-0.3, -0.25) is 0 Å². The summed E-state index contributed by atoms with van der Waals surface area (Å²) in [5.41, 5.74) is -0.365. The van der Waals surface area contributed by atoms with Gasteiger partial charge in [0.05, 0.1) is 5.75 Å². The highest BCUT2D eigenvalue weighted by atomic mass is 79.9. The molecule has 0 bridgehead atoms. The highest BCUT2D eigenvalue weighted by Gasteiger charge is 2.37. The fraction of sp³-hybridized carbons (Fsp3) is 0.571. The molecule has 0 heterocycles. The third-order valence-corrected chi connectivity index (χ3v) is 7.09. The maximum atomic E-state index is 13.7. The van der Waals surface area contributed by atoms with E-state index in [2.05, 4.69) is 15.9 Å². The lowest BCUT2D eigenvalue weighted by Crippen LogP contribution is -2.34. The Bertz CT molecular complexity index is 581. The fourth-order valence-electron chi connectivity index (χ4n) is 2.81. The van der Waals surface area contributed by atoms with E-state index in [0.717, 1.165) is 50.3 Å². The van der Waals surface area contributed by atoms with Crippen LogP contribution in [0.3, 0.4) is 0 Å². The lowest BCUT2D eigenvalue weighted by Gasteiger charge is -2.35. The average molecular weight is 367 g/mol. The van der Waals surface area contributed by atoms with Crippen molar-refractivity contribution in [3.63, 3.8) is 0 Å². The van der Waals surface area contributed by atoms with Gasteiger partial charge in [-0.1, -0.05) is 35.2 Å². The Kier molecular flexibility index (Phi) is 4.84. The molecule has 2 nitrogen and oxygen atoms in total. The van der Waals surface area contributed by atoms with E-state index in [1.807, 2.05) is 0 Å². The molecule has 20 heavy (non-hydrogen) atoms. The summed E-state index contributed by atoms with van der Waals surface area (Å²) < 4.78 is 51.7. The number of sulfone groups is 1. The van der Waals surface area contributed by atoms with Crippen LogP contribution in [-0.2, 0) is 9.84 Å². The summed E-state index contributed by atoms with van der Waals surface area (Å²) in [6.45, 7) is 0. The van der Waals surface area contributed by atoms with Crippen molar-refractivity contribution in [2.24, 2.45) is 5.41 Å². The first kappa shape index (κ1) is 15.9. The number of hydrogen-bond acceptors (Lipinski definition) is 2. The summed E-state index contributed by atoms with van der Waals surface area (Å²) in [5, 5.41) is 0.566. The zero-order valence-electron chi connectivity index (χ0n) is 11.0. The third-order valence-electron chi connectivity index (χ3n) is 3.92. The Hall–Kier alpha value is -0.490. The Morgan fingerprint density at radius 1 is 1.15 bits per heavy atom. The van der Waals surface area contributed by atoms with Gasteiger partial charge < -0.3 is 0 Å². The molecule has 2 rings (SSSR count). The maximum absolute atomic E-state index is 13.7. The number of hydrogen-bond donors (Lipinski definition) is 0. The molecule has 0 atom stereocenters. The second-order valence-electron chi connectivity index (χ2n) is 5.53. The summed E-state index contributed by atoms with van der Waals surface area (Å²) in [7, 11) is -3.83. The van der Waals surface area contributed by atoms with Gasteiger partial charge in [0.25, 0.3) is 0 Å². The van der Waals surface area contributed by atoms with Crippen LogP contribution in [0.15, 0.2) is 23.1 Å². The highest BCUT2D eigenvalue weighted by Crippen LogP contribution is 2.40. The molecule has 6 heteroatoms. The lowest BCUT2D eigenvalue weighted by atomic mass is 9.77. The zero-order chi connectivity index (χ0) is 14.8. The molecule has 1 aliphatic carbocycles. The van der Waals surface area contributed by atoms with E-state index in [1.165, 1.54) is 0 Å². The zero-order valence-corrected chi connectivity index (χ0v) is 13.4. The van der Waals surface area contributed by atoms with E-state index in [0.29, 0.717) is 5.33 Å². The number of halogens is 3. The molecular formula is C14H17BrF2O2S. The minimum absolute atomic E-state index is 0.133. The van der Waals surface area contributed by atoms with E-state index in [-0.39, 0.29) is 11.2 Å². The first-order chi connectivity index (χ1) is 9.38. The van der Waals surface area contributed by atoms with Gasteiger partial charge in [0.2, 0.25) is 0 Å². The summed E-state index contributed by atoms with van der Waals surface area (Å²) in [6, 6.07) is 2.56. The minimum atomic E-state index is -3.83. The molecule has 1 saturated carbocycles. The summed E-state index contributed by atoms with van der Waals surface area (Å²) >= 11 is 3.39. The summed E-state index contributed by atoms with van der Waals surface area (Å²) in [5.74, 6) is -1.75. The second-order valence-corrected chi connectivity index (χ2v) is 8.05. The molecule has 1 aromatic carbocycles. The van der Waals surface area contributed by atoms with E-state index in [1.54, 1.807) is 0 Å². The Balaban J connectivity index is 2.32. The van der Waals surface area contributed by atoms with Crippen LogP contribution in [0, 0.1) is 17.0 Å². The Morgan fingerprint density at radius 2 is 1.80 bits per heavy atom. The monoisotopic (exact) mass is 366 g/mol. The first-order valence-electron chi connectivity index (χ1n) is 6.62. The van der Waals surface area contributed by atoms with Crippen LogP contribution in [-0.4, -0.2) is 19.5 Å². The molecule has 0 amide bonds. The first-order valence-corrected chi connectivity index (χ1v) is 9.40. The van der Waals surface area contributed by atoms with E-state index < -0.39 is 26.4 Å².